The summed E-state index contributed by atoms with van der Waals surface area (Å²) in [6.45, 7) is 3.57. The average Bonchev–Trinajstić information content (AvgIpc) is 2.10. The molecule has 0 aliphatic rings. The van der Waals surface area contributed by atoms with Crippen LogP contribution < -0.4 is 0 Å². The van der Waals surface area contributed by atoms with Gasteiger partial charge in [0.15, 0.2) is 0 Å². The van der Waals surface area contributed by atoms with Crippen molar-refractivity contribution >= 4 is 34.2 Å². The van der Waals surface area contributed by atoms with E-state index in [1.54, 1.807) is 12.1 Å². The molecule has 0 heterocycles. The van der Waals surface area contributed by atoms with Crippen molar-refractivity contribution in [3.05, 3.63) is 45.0 Å². The molecule has 3 heteroatoms. The number of rotatable bonds is 3. The number of benzene rings is 1. The second-order valence-electron chi connectivity index (χ2n) is 2.71. The summed E-state index contributed by atoms with van der Waals surface area (Å²) in [5, 5.41) is 10.3. The molecule has 1 rings (SSSR count). The molecule has 13 heavy (non-hydrogen) atoms. The third kappa shape index (κ3) is 2.97. The molecular formula is C10H10ClIO. The van der Waals surface area contributed by atoms with Gasteiger partial charge in [0, 0.05) is 3.57 Å². The van der Waals surface area contributed by atoms with E-state index in [0.717, 1.165) is 9.13 Å². The minimum absolute atomic E-state index is 0.494. The lowest BCUT2D eigenvalue weighted by Gasteiger charge is -2.08. The Morgan fingerprint density at radius 1 is 1.62 bits per heavy atom. The lowest BCUT2D eigenvalue weighted by Crippen LogP contribution is -1.95. The Morgan fingerprint density at radius 2 is 2.31 bits per heavy atom. The van der Waals surface area contributed by atoms with Crippen molar-refractivity contribution in [3.8, 4) is 0 Å². The van der Waals surface area contributed by atoms with Crippen LogP contribution in [0, 0.1) is 3.57 Å². The van der Waals surface area contributed by atoms with Crippen molar-refractivity contribution in [2.75, 3.05) is 0 Å². The van der Waals surface area contributed by atoms with Gasteiger partial charge < -0.3 is 5.11 Å². The number of hydrogen-bond acceptors (Lipinski definition) is 1. The van der Waals surface area contributed by atoms with E-state index < -0.39 is 6.10 Å². The molecule has 70 valence electrons. The summed E-state index contributed by atoms with van der Waals surface area (Å²) in [5.41, 5.74) is 0.838. The van der Waals surface area contributed by atoms with Gasteiger partial charge in [0.05, 0.1) is 11.1 Å². The summed E-state index contributed by atoms with van der Waals surface area (Å²) < 4.78 is 0.994. The summed E-state index contributed by atoms with van der Waals surface area (Å²) in [5.74, 6) is 0. The van der Waals surface area contributed by atoms with E-state index >= 15 is 0 Å². The van der Waals surface area contributed by atoms with Crippen LogP contribution in [0.15, 0.2) is 30.9 Å². The Bertz CT molecular complexity index is 312. The van der Waals surface area contributed by atoms with Crippen LogP contribution in [0.4, 0.5) is 0 Å². The van der Waals surface area contributed by atoms with E-state index in [4.69, 9.17) is 11.6 Å². The second kappa shape index (κ2) is 4.98. The standard InChI is InChI=1S/C10H10ClIO/c1-2-3-10(13)7-4-5-9(12)8(11)6-7/h2,4-6,10,13H,1,3H2. The summed E-state index contributed by atoms with van der Waals surface area (Å²) in [6.07, 6.45) is 1.75. The van der Waals surface area contributed by atoms with Crippen LogP contribution in [0.25, 0.3) is 0 Å². The molecule has 1 nitrogen and oxygen atoms in total. The zero-order chi connectivity index (χ0) is 9.84. The fourth-order valence-electron chi connectivity index (χ4n) is 1.01. The minimum atomic E-state index is -0.494. The predicted molar refractivity (Wildman–Crippen MR) is 63.9 cm³/mol. The Balaban J connectivity index is 2.89. The van der Waals surface area contributed by atoms with E-state index in [1.807, 2.05) is 12.1 Å². The van der Waals surface area contributed by atoms with Crippen LogP contribution in [-0.4, -0.2) is 5.11 Å². The first-order valence-corrected chi connectivity index (χ1v) is 5.34. The van der Waals surface area contributed by atoms with Gasteiger partial charge in [-0.3, -0.25) is 0 Å². The second-order valence-corrected chi connectivity index (χ2v) is 4.28. The van der Waals surface area contributed by atoms with E-state index in [-0.39, 0.29) is 0 Å². The van der Waals surface area contributed by atoms with Gasteiger partial charge in [0.2, 0.25) is 0 Å². The van der Waals surface area contributed by atoms with Gasteiger partial charge >= 0.3 is 0 Å². The fourth-order valence-corrected chi connectivity index (χ4v) is 1.54. The van der Waals surface area contributed by atoms with E-state index in [1.165, 1.54) is 0 Å². The zero-order valence-corrected chi connectivity index (χ0v) is 9.92. The maximum Gasteiger partial charge on any atom is 0.0824 e. The lowest BCUT2D eigenvalue weighted by atomic mass is 10.1. The highest BCUT2D eigenvalue weighted by Crippen LogP contribution is 2.24. The molecule has 1 unspecified atom stereocenters. The third-order valence-electron chi connectivity index (χ3n) is 1.72. The van der Waals surface area contributed by atoms with Crippen molar-refractivity contribution in [1.29, 1.82) is 0 Å². The first-order chi connectivity index (χ1) is 6.15. The zero-order valence-electron chi connectivity index (χ0n) is 7.00. The maximum atomic E-state index is 9.60. The van der Waals surface area contributed by atoms with Gasteiger partial charge in [-0.15, -0.1) is 6.58 Å². The smallest absolute Gasteiger partial charge is 0.0824 e. The highest BCUT2D eigenvalue weighted by atomic mass is 127. The van der Waals surface area contributed by atoms with Gasteiger partial charge in [-0.1, -0.05) is 23.7 Å². The van der Waals surface area contributed by atoms with Gasteiger partial charge in [-0.2, -0.15) is 0 Å². The van der Waals surface area contributed by atoms with Gasteiger partial charge in [-0.25, -0.2) is 0 Å². The average molecular weight is 309 g/mol. The minimum Gasteiger partial charge on any atom is -0.388 e. The van der Waals surface area contributed by atoms with Crippen LogP contribution in [0.3, 0.4) is 0 Å². The molecule has 1 atom stereocenters. The molecule has 0 spiro atoms. The highest BCUT2D eigenvalue weighted by Gasteiger charge is 2.06. The molecule has 0 saturated carbocycles. The molecule has 0 amide bonds. The summed E-state index contributed by atoms with van der Waals surface area (Å²) in [6, 6.07) is 5.56. The molecule has 1 N–H and O–H groups in total. The monoisotopic (exact) mass is 308 g/mol. The molecule has 0 saturated heterocycles. The topological polar surface area (TPSA) is 20.2 Å². The summed E-state index contributed by atoms with van der Waals surface area (Å²) in [4.78, 5) is 0. The Morgan fingerprint density at radius 3 is 2.85 bits per heavy atom. The largest absolute Gasteiger partial charge is 0.388 e. The van der Waals surface area contributed by atoms with E-state index in [9.17, 15) is 5.11 Å². The van der Waals surface area contributed by atoms with Crippen LogP contribution in [0.1, 0.15) is 18.1 Å². The SMILES string of the molecule is C=CCC(O)c1ccc(I)c(Cl)c1. The number of halogens is 2. The van der Waals surface area contributed by atoms with Gasteiger partial charge in [0.25, 0.3) is 0 Å². The van der Waals surface area contributed by atoms with Crippen LogP contribution in [0.2, 0.25) is 5.02 Å². The number of aliphatic hydroxyl groups is 1. The highest BCUT2D eigenvalue weighted by molar-refractivity contribution is 14.1. The summed E-state index contributed by atoms with van der Waals surface area (Å²) in [7, 11) is 0. The van der Waals surface area contributed by atoms with Crippen molar-refractivity contribution in [1.82, 2.24) is 0 Å². The molecule has 0 radical (unpaired) electrons. The molecule has 0 aliphatic carbocycles. The Hall–Kier alpha value is -0.0600. The summed E-state index contributed by atoms with van der Waals surface area (Å²) >= 11 is 8.07. The van der Waals surface area contributed by atoms with Crippen molar-refractivity contribution < 1.29 is 5.11 Å². The fraction of sp³-hybridized carbons (Fsp3) is 0.200. The first kappa shape index (κ1) is 11.0. The van der Waals surface area contributed by atoms with E-state index in [2.05, 4.69) is 29.2 Å². The molecule has 1 aromatic carbocycles. The quantitative estimate of drug-likeness (QED) is 0.669. The number of aliphatic hydroxyl groups excluding tert-OH is 1. The molecule has 0 aromatic heterocycles. The maximum absolute atomic E-state index is 9.60. The van der Waals surface area contributed by atoms with Crippen LogP contribution in [-0.2, 0) is 0 Å². The molecular weight excluding hydrogens is 298 g/mol. The van der Waals surface area contributed by atoms with Gasteiger partial charge in [-0.05, 0) is 46.7 Å². The lowest BCUT2D eigenvalue weighted by molar-refractivity contribution is 0.181. The molecule has 0 bridgehead atoms. The predicted octanol–water partition coefficient (Wildman–Crippen LogP) is 3.55. The first-order valence-electron chi connectivity index (χ1n) is 3.89. The molecule has 1 aromatic rings. The Kier molecular flexibility index (Phi) is 4.22. The van der Waals surface area contributed by atoms with E-state index in [0.29, 0.717) is 11.4 Å². The van der Waals surface area contributed by atoms with Crippen LogP contribution >= 0.6 is 34.2 Å². The van der Waals surface area contributed by atoms with Crippen LogP contribution in [0.5, 0.6) is 0 Å². The molecule has 0 aliphatic heterocycles. The third-order valence-corrected chi connectivity index (χ3v) is 3.29. The molecule has 0 fully saturated rings. The van der Waals surface area contributed by atoms with Crippen molar-refractivity contribution in [2.24, 2.45) is 0 Å². The number of hydrogen-bond donors (Lipinski definition) is 1. The normalized spacial score (nSPS) is 12.5. The van der Waals surface area contributed by atoms with Crippen molar-refractivity contribution in [3.63, 3.8) is 0 Å². The van der Waals surface area contributed by atoms with Gasteiger partial charge in [0.1, 0.15) is 0 Å². The van der Waals surface area contributed by atoms with Crippen molar-refractivity contribution in [2.45, 2.75) is 12.5 Å². The Labute approximate surface area is 96.6 Å².